The molecule has 37 heavy (non-hydrogen) atoms. The first-order valence-corrected chi connectivity index (χ1v) is 14.4. The van der Waals surface area contributed by atoms with Crippen molar-refractivity contribution in [3.8, 4) is 6.07 Å². The summed E-state index contributed by atoms with van der Waals surface area (Å²) in [4.78, 5) is 25.9. The molecule has 1 aliphatic heterocycles. The number of nitriles is 1. The Bertz CT molecular complexity index is 827. The molecule has 214 valence electrons. The average Bonchev–Trinajstić information content (AvgIpc) is 3.40. The van der Waals surface area contributed by atoms with E-state index in [4.69, 9.17) is 0 Å². The number of hydrogen-bond donors (Lipinski definition) is 4. The number of carbonyl (C=O) groups excluding carboxylic acids is 2. The molecule has 0 aliphatic carbocycles. The highest BCUT2D eigenvalue weighted by Crippen LogP contribution is 2.20. The van der Waals surface area contributed by atoms with Crippen molar-refractivity contribution in [1.82, 2.24) is 20.9 Å². The van der Waals surface area contributed by atoms with Crippen LogP contribution in [0.15, 0.2) is 24.3 Å². The van der Waals surface area contributed by atoms with Gasteiger partial charge in [-0.05, 0) is 76.0 Å². The highest BCUT2D eigenvalue weighted by atomic mass is 32.2. The molecule has 2 amide bonds. The molecule has 2 atom stereocenters. The van der Waals surface area contributed by atoms with E-state index >= 15 is 0 Å². The largest absolute Gasteiger partial charge is 0.412 e. The second kappa shape index (κ2) is 19.7. The Morgan fingerprint density at radius 2 is 1.81 bits per heavy atom. The summed E-state index contributed by atoms with van der Waals surface area (Å²) in [6, 6.07) is 10.9. The summed E-state index contributed by atoms with van der Waals surface area (Å²) in [5.41, 5.74) is 2.46. The molecule has 1 heterocycles. The summed E-state index contributed by atoms with van der Waals surface area (Å²) < 4.78 is 0. The molecule has 0 radical (unpaired) electrons. The van der Waals surface area contributed by atoms with Crippen molar-refractivity contribution in [3.63, 3.8) is 0 Å². The van der Waals surface area contributed by atoms with E-state index in [2.05, 4.69) is 63.4 Å². The lowest BCUT2D eigenvalue weighted by Gasteiger charge is -2.20. The number of carbonyl (C=O) groups is 2. The fourth-order valence-electron chi connectivity index (χ4n) is 4.07. The third kappa shape index (κ3) is 14.3. The molecule has 9 nitrogen and oxygen atoms in total. The predicted molar refractivity (Wildman–Crippen MR) is 159 cm³/mol. The molecule has 6 N–H and O–H groups in total. The number of hydrogen-bond acceptors (Lipinski definition) is 7. The Hall–Kier alpha value is -2.32. The fraction of sp³-hybridized carbons (Fsp3) is 0.667. The molecule has 0 bridgehead atoms. The topological polar surface area (TPSA) is 141 Å². The van der Waals surface area contributed by atoms with Crippen molar-refractivity contribution in [2.45, 2.75) is 51.2 Å². The highest BCUT2D eigenvalue weighted by Gasteiger charge is 2.20. The van der Waals surface area contributed by atoms with Crippen molar-refractivity contribution >= 4 is 29.3 Å². The first kappa shape index (κ1) is 32.7. The summed E-state index contributed by atoms with van der Waals surface area (Å²) >= 11 is 1.67. The molecular formula is C27H52N6O3S. The Morgan fingerprint density at radius 1 is 1.11 bits per heavy atom. The van der Waals surface area contributed by atoms with Gasteiger partial charge in [-0.15, -0.1) is 0 Å². The molecule has 1 aromatic rings. The minimum atomic E-state index is -0.715. The van der Waals surface area contributed by atoms with Crippen molar-refractivity contribution in [1.29, 1.82) is 5.26 Å². The normalized spacial score (nSPS) is 14.7. The maximum absolute atomic E-state index is 12.4. The Kier molecular flexibility index (Phi) is 17.5. The molecule has 2 unspecified atom stereocenters. The molecule has 2 rings (SSSR count). The maximum Gasteiger partial charge on any atom is 0.238 e. The van der Waals surface area contributed by atoms with Crippen molar-refractivity contribution in [2.24, 2.45) is 5.92 Å². The Labute approximate surface area is 231 Å². The summed E-state index contributed by atoms with van der Waals surface area (Å²) in [6.07, 6.45) is 5.79. The van der Waals surface area contributed by atoms with Crippen LogP contribution in [0.3, 0.4) is 0 Å². The maximum atomic E-state index is 12.4. The van der Waals surface area contributed by atoms with Gasteiger partial charge in [0, 0.05) is 54.1 Å². The van der Waals surface area contributed by atoms with Gasteiger partial charge in [0.2, 0.25) is 11.8 Å². The number of thioether (sulfide) groups is 1. The second-order valence-corrected chi connectivity index (χ2v) is 10.7. The summed E-state index contributed by atoms with van der Waals surface area (Å²) in [5.74, 6) is -0.692. The van der Waals surface area contributed by atoms with E-state index in [0.29, 0.717) is 18.8 Å². The van der Waals surface area contributed by atoms with Crippen LogP contribution in [0.1, 0.15) is 49.4 Å². The minimum Gasteiger partial charge on any atom is -0.412 e. The van der Waals surface area contributed by atoms with Gasteiger partial charge in [-0.3, -0.25) is 9.59 Å². The summed E-state index contributed by atoms with van der Waals surface area (Å²) in [5, 5.41) is 22.2. The van der Waals surface area contributed by atoms with Gasteiger partial charge in [-0.1, -0.05) is 19.1 Å². The molecule has 0 aromatic heterocycles. The van der Waals surface area contributed by atoms with Crippen LogP contribution >= 0.6 is 11.8 Å². The molecule has 1 fully saturated rings. The van der Waals surface area contributed by atoms with Crippen LogP contribution in [0.4, 0.5) is 5.69 Å². The minimum absolute atomic E-state index is 0. The molecule has 1 saturated heterocycles. The summed E-state index contributed by atoms with van der Waals surface area (Å²) in [6.45, 7) is 10.5. The van der Waals surface area contributed by atoms with E-state index in [1.54, 1.807) is 11.8 Å². The lowest BCUT2D eigenvalue weighted by Crippen LogP contribution is -2.37. The van der Waals surface area contributed by atoms with Crippen molar-refractivity contribution in [2.75, 3.05) is 63.4 Å². The number of likely N-dealkylation sites (tertiary alicyclic amines) is 1. The fourth-order valence-corrected chi connectivity index (χ4v) is 5.25. The number of benzene rings is 1. The summed E-state index contributed by atoms with van der Waals surface area (Å²) in [7, 11) is 0. The van der Waals surface area contributed by atoms with E-state index < -0.39 is 5.92 Å². The number of nitrogens with one attached hydrogen (secondary N) is 4. The van der Waals surface area contributed by atoms with Gasteiger partial charge < -0.3 is 31.6 Å². The first-order chi connectivity index (χ1) is 17.5. The number of amides is 2. The molecule has 10 heteroatoms. The number of anilines is 1. The molecule has 0 saturated carbocycles. The zero-order chi connectivity index (χ0) is 26.0. The Morgan fingerprint density at radius 3 is 2.46 bits per heavy atom. The van der Waals surface area contributed by atoms with Gasteiger partial charge in [0.15, 0.2) is 0 Å². The molecule has 1 aromatic carbocycles. The monoisotopic (exact) mass is 540 g/mol. The van der Waals surface area contributed by atoms with E-state index in [-0.39, 0.29) is 26.8 Å². The van der Waals surface area contributed by atoms with Crippen LogP contribution in [-0.2, 0) is 16.0 Å². The third-order valence-electron chi connectivity index (χ3n) is 6.24. The van der Waals surface area contributed by atoms with E-state index in [1.165, 1.54) is 38.4 Å². The average molecular weight is 541 g/mol. The van der Waals surface area contributed by atoms with E-state index in [0.717, 1.165) is 51.1 Å². The molecule has 0 spiro atoms. The van der Waals surface area contributed by atoms with Crippen LogP contribution in [0.2, 0.25) is 0 Å². The smallest absolute Gasteiger partial charge is 0.238 e. The van der Waals surface area contributed by atoms with Gasteiger partial charge in [0.25, 0.3) is 0 Å². The van der Waals surface area contributed by atoms with Crippen LogP contribution in [0.25, 0.3) is 0 Å². The zero-order valence-electron chi connectivity index (χ0n) is 22.5. The third-order valence-corrected chi connectivity index (χ3v) is 7.64. The zero-order valence-corrected chi connectivity index (χ0v) is 23.3. The molecular weight excluding hydrogens is 488 g/mol. The predicted octanol–water partition coefficient (Wildman–Crippen LogP) is 2.53. The van der Waals surface area contributed by atoms with Crippen molar-refractivity contribution < 1.29 is 19.3 Å². The van der Waals surface area contributed by atoms with Crippen LogP contribution in [-0.4, -0.2) is 85.6 Å². The van der Waals surface area contributed by atoms with Crippen LogP contribution in [0, 0.1) is 17.2 Å². The standard InChI is InChI=1S/C27H44N6O2S.H2O.3H2/c1-3-12-29-13-10-26(36-21-24(19-28)27(35)31-15-14-30-22(2)34)20-32-25-8-6-23(7-9-25)11-18-33-16-4-5-17-33;;;;/h6-9,24,26,29,32H,3-5,10-18,20-21H2,1-2H3,(H,30,34)(H,31,35);1H2;3*1H. The molecule has 1 aliphatic rings. The van der Waals surface area contributed by atoms with Gasteiger partial charge in [0.1, 0.15) is 5.92 Å². The van der Waals surface area contributed by atoms with Gasteiger partial charge in [-0.25, -0.2) is 0 Å². The van der Waals surface area contributed by atoms with Gasteiger partial charge in [-0.2, -0.15) is 17.0 Å². The van der Waals surface area contributed by atoms with Crippen molar-refractivity contribution in [3.05, 3.63) is 29.8 Å². The van der Waals surface area contributed by atoms with Crippen LogP contribution in [0.5, 0.6) is 0 Å². The second-order valence-electron chi connectivity index (χ2n) is 9.33. The number of nitrogens with zero attached hydrogens (tertiary/aromatic N) is 2. The van der Waals surface area contributed by atoms with Gasteiger partial charge in [0.05, 0.1) is 6.07 Å². The van der Waals surface area contributed by atoms with E-state index in [1.807, 2.05) is 0 Å². The number of rotatable bonds is 18. The first-order valence-electron chi connectivity index (χ1n) is 13.3. The SMILES string of the molecule is CCCNCCC(CNc1ccc(CCN2CCCC2)cc1)SCC(C#N)C(=O)NCCNC(C)=O.O.[HH].[HH].[HH]. The Balaban J connectivity index is -0.00000342. The highest BCUT2D eigenvalue weighted by molar-refractivity contribution is 8.00. The van der Waals surface area contributed by atoms with Crippen LogP contribution < -0.4 is 21.3 Å². The lowest BCUT2D eigenvalue weighted by atomic mass is 10.1. The lowest BCUT2D eigenvalue weighted by molar-refractivity contribution is -0.123. The van der Waals surface area contributed by atoms with E-state index in [9.17, 15) is 14.9 Å². The quantitative estimate of drug-likeness (QED) is 0.210. The van der Waals surface area contributed by atoms with Gasteiger partial charge >= 0.3 is 0 Å².